The van der Waals surface area contributed by atoms with Crippen LogP contribution in [0.4, 0.5) is 0 Å². The van der Waals surface area contributed by atoms with Crippen molar-refractivity contribution in [1.29, 1.82) is 0 Å². The zero-order chi connectivity index (χ0) is 8.23. The standard InChI is InChI=1S/C10H19NO/c1-2-6-11-10(3-1)9-4-7-12-8-5-9/h9-11H,1-8H2. The summed E-state index contributed by atoms with van der Waals surface area (Å²) < 4.78 is 5.36. The lowest BCUT2D eigenvalue weighted by Crippen LogP contribution is -2.42. The minimum Gasteiger partial charge on any atom is -0.381 e. The fraction of sp³-hybridized carbons (Fsp3) is 1.00. The molecule has 0 aliphatic carbocycles. The Hall–Kier alpha value is -0.0800. The Labute approximate surface area is 74.7 Å². The van der Waals surface area contributed by atoms with E-state index < -0.39 is 0 Å². The zero-order valence-electron chi connectivity index (χ0n) is 7.72. The summed E-state index contributed by atoms with van der Waals surface area (Å²) in [6.07, 6.45) is 6.74. The summed E-state index contributed by atoms with van der Waals surface area (Å²) in [4.78, 5) is 0. The first kappa shape index (κ1) is 8.52. The Morgan fingerprint density at radius 3 is 2.50 bits per heavy atom. The van der Waals surface area contributed by atoms with Gasteiger partial charge < -0.3 is 10.1 Å². The third-order valence-electron chi connectivity index (χ3n) is 3.18. The van der Waals surface area contributed by atoms with Crippen molar-refractivity contribution in [1.82, 2.24) is 5.32 Å². The van der Waals surface area contributed by atoms with Crippen LogP contribution in [0.3, 0.4) is 0 Å². The van der Waals surface area contributed by atoms with Gasteiger partial charge in [0.25, 0.3) is 0 Å². The van der Waals surface area contributed by atoms with Gasteiger partial charge in [-0.25, -0.2) is 0 Å². The second kappa shape index (κ2) is 4.24. The second-order valence-corrected chi connectivity index (χ2v) is 4.01. The Balaban J connectivity index is 1.80. The van der Waals surface area contributed by atoms with Crippen LogP contribution in [0.25, 0.3) is 0 Å². The molecule has 2 rings (SSSR count). The molecule has 0 aromatic carbocycles. The van der Waals surface area contributed by atoms with E-state index in [0.717, 1.165) is 25.2 Å². The molecule has 12 heavy (non-hydrogen) atoms. The van der Waals surface area contributed by atoms with E-state index in [1.807, 2.05) is 0 Å². The monoisotopic (exact) mass is 169 g/mol. The van der Waals surface area contributed by atoms with Crippen LogP contribution in [0.15, 0.2) is 0 Å². The van der Waals surface area contributed by atoms with Crippen molar-refractivity contribution in [3.8, 4) is 0 Å². The quantitative estimate of drug-likeness (QED) is 0.643. The SMILES string of the molecule is C1CCC(C2CCOCC2)NC1. The third-order valence-corrected chi connectivity index (χ3v) is 3.18. The molecule has 0 spiro atoms. The van der Waals surface area contributed by atoms with Gasteiger partial charge in [0.05, 0.1) is 0 Å². The number of piperidine rings is 1. The molecule has 70 valence electrons. The Bertz CT molecular complexity index is 110. The molecule has 0 saturated carbocycles. The van der Waals surface area contributed by atoms with Gasteiger partial charge in [-0.15, -0.1) is 0 Å². The number of rotatable bonds is 1. The minimum atomic E-state index is 0.808. The first-order chi connectivity index (χ1) is 5.97. The minimum absolute atomic E-state index is 0.808. The van der Waals surface area contributed by atoms with E-state index >= 15 is 0 Å². The Morgan fingerprint density at radius 1 is 1.00 bits per heavy atom. The Kier molecular flexibility index (Phi) is 3.01. The van der Waals surface area contributed by atoms with Crippen LogP contribution in [0.1, 0.15) is 32.1 Å². The van der Waals surface area contributed by atoms with Crippen LogP contribution in [-0.2, 0) is 4.74 Å². The summed E-state index contributed by atoms with van der Waals surface area (Å²) in [5.74, 6) is 0.902. The lowest BCUT2D eigenvalue weighted by Gasteiger charge is -2.33. The first-order valence-corrected chi connectivity index (χ1v) is 5.28. The van der Waals surface area contributed by atoms with Crippen LogP contribution in [-0.4, -0.2) is 25.8 Å². The van der Waals surface area contributed by atoms with Crippen LogP contribution in [0, 0.1) is 5.92 Å². The van der Waals surface area contributed by atoms with Crippen LogP contribution >= 0.6 is 0 Å². The maximum Gasteiger partial charge on any atom is 0.0469 e. The number of hydrogen-bond donors (Lipinski definition) is 1. The van der Waals surface area contributed by atoms with Crippen molar-refractivity contribution in [3.63, 3.8) is 0 Å². The van der Waals surface area contributed by atoms with Gasteiger partial charge in [-0.05, 0) is 38.1 Å². The van der Waals surface area contributed by atoms with Crippen LogP contribution in [0.5, 0.6) is 0 Å². The lowest BCUT2D eigenvalue weighted by molar-refractivity contribution is 0.0500. The van der Waals surface area contributed by atoms with Gasteiger partial charge in [0.2, 0.25) is 0 Å². The summed E-state index contributed by atoms with van der Waals surface area (Å²) in [6, 6.07) is 0.808. The zero-order valence-corrected chi connectivity index (χ0v) is 7.72. The highest BCUT2D eigenvalue weighted by Gasteiger charge is 2.24. The molecule has 0 radical (unpaired) electrons. The average molecular weight is 169 g/mol. The summed E-state index contributed by atoms with van der Waals surface area (Å²) in [5, 5.41) is 3.63. The molecule has 1 unspecified atom stereocenters. The predicted octanol–water partition coefficient (Wildman–Crippen LogP) is 1.56. The molecule has 2 aliphatic rings. The van der Waals surface area contributed by atoms with Gasteiger partial charge in [-0.1, -0.05) is 6.42 Å². The molecule has 2 heteroatoms. The van der Waals surface area contributed by atoms with Crippen molar-refractivity contribution in [2.75, 3.05) is 19.8 Å². The number of nitrogens with one attached hydrogen (secondary N) is 1. The van der Waals surface area contributed by atoms with E-state index in [9.17, 15) is 0 Å². The van der Waals surface area contributed by atoms with Crippen molar-refractivity contribution in [3.05, 3.63) is 0 Å². The predicted molar refractivity (Wildman–Crippen MR) is 49.2 cm³/mol. The smallest absolute Gasteiger partial charge is 0.0469 e. The van der Waals surface area contributed by atoms with Crippen molar-refractivity contribution in [2.45, 2.75) is 38.1 Å². The molecular formula is C10H19NO. The topological polar surface area (TPSA) is 21.3 Å². The van der Waals surface area contributed by atoms with Gasteiger partial charge >= 0.3 is 0 Å². The highest BCUT2D eigenvalue weighted by Crippen LogP contribution is 2.23. The van der Waals surface area contributed by atoms with E-state index in [2.05, 4.69) is 5.32 Å². The second-order valence-electron chi connectivity index (χ2n) is 4.01. The summed E-state index contributed by atoms with van der Waals surface area (Å²) >= 11 is 0. The molecule has 2 saturated heterocycles. The average Bonchev–Trinajstić information content (AvgIpc) is 2.21. The van der Waals surface area contributed by atoms with Crippen molar-refractivity contribution >= 4 is 0 Å². The molecule has 1 N–H and O–H groups in total. The molecule has 2 heterocycles. The highest BCUT2D eigenvalue weighted by atomic mass is 16.5. The third kappa shape index (κ3) is 1.99. The lowest BCUT2D eigenvalue weighted by atomic mass is 9.87. The molecular weight excluding hydrogens is 150 g/mol. The molecule has 0 amide bonds. The van der Waals surface area contributed by atoms with Crippen LogP contribution < -0.4 is 5.32 Å². The molecule has 1 atom stereocenters. The van der Waals surface area contributed by atoms with Crippen LogP contribution in [0.2, 0.25) is 0 Å². The molecule has 2 fully saturated rings. The van der Waals surface area contributed by atoms with E-state index in [0.29, 0.717) is 0 Å². The normalized spacial score (nSPS) is 33.5. The molecule has 2 nitrogen and oxygen atoms in total. The van der Waals surface area contributed by atoms with Crippen molar-refractivity contribution in [2.24, 2.45) is 5.92 Å². The molecule has 0 aromatic heterocycles. The number of ether oxygens (including phenoxy) is 1. The van der Waals surface area contributed by atoms with E-state index in [1.54, 1.807) is 0 Å². The van der Waals surface area contributed by atoms with Gasteiger partial charge in [-0.2, -0.15) is 0 Å². The van der Waals surface area contributed by atoms with E-state index in [4.69, 9.17) is 4.74 Å². The fourth-order valence-electron chi connectivity index (χ4n) is 2.40. The molecule has 2 aliphatic heterocycles. The fourth-order valence-corrected chi connectivity index (χ4v) is 2.40. The van der Waals surface area contributed by atoms with Crippen molar-refractivity contribution < 1.29 is 4.74 Å². The summed E-state index contributed by atoms with van der Waals surface area (Å²) in [7, 11) is 0. The van der Waals surface area contributed by atoms with Gasteiger partial charge in [0, 0.05) is 19.3 Å². The maximum atomic E-state index is 5.36. The Morgan fingerprint density at radius 2 is 1.83 bits per heavy atom. The largest absolute Gasteiger partial charge is 0.381 e. The van der Waals surface area contributed by atoms with Gasteiger partial charge in [0.15, 0.2) is 0 Å². The van der Waals surface area contributed by atoms with Gasteiger partial charge in [0.1, 0.15) is 0 Å². The van der Waals surface area contributed by atoms with E-state index in [-0.39, 0.29) is 0 Å². The van der Waals surface area contributed by atoms with E-state index in [1.165, 1.54) is 38.6 Å². The molecule has 0 aromatic rings. The summed E-state index contributed by atoms with van der Waals surface area (Å²) in [5.41, 5.74) is 0. The van der Waals surface area contributed by atoms with Gasteiger partial charge in [-0.3, -0.25) is 0 Å². The summed E-state index contributed by atoms with van der Waals surface area (Å²) in [6.45, 7) is 3.22. The maximum absolute atomic E-state index is 5.36. The first-order valence-electron chi connectivity index (χ1n) is 5.28. The number of hydrogen-bond acceptors (Lipinski definition) is 2. The highest BCUT2D eigenvalue weighted by molar-refractivity contribution is 4.81. The molecule has 0 bridgehead atoms.